The maximum absolute atomic E-state index is 14.9. The third kappa shape index (κ3) is 6.95. The van der Waals surface area contributed by atoms with Crippen molar-refractivity contribution in [3.8, 4) is 0 Å². The van der Waals surface area contributed by atoms with Gasteiger partial charge < -0.3 is 10.2 Å². The molecule has 0 fully saturated rings. The minimum Gasteiger partial charge on any atom is -0.352 e. The quantitative estimate of drug-likeness (QED) is 0.403. The van der Waals surface area contributed by atoms with E-state index in [1.165, 1.54) is 35.2 Å². The molecule has 0 saturated heterocycles. The summed E-state index contributed by atoms with van der Waals surface area (Å²) < 4.78 is 42.9. The number of para-hydroxylation sites is 1. The van der Waals surface area contributed by atoms with Crippen molar-refractivity contribution < 1.29 is 22.4 Å². The monoisotopic (exact) mass is 525 g/mol. The first kappa shape index (κ1) is 27.9. The number of nitrogens with one attached hydrogen (secondary N) is 1. The SMILES string of the molecule is CC[C@H](C(=O)NC(C)C)N(Cc1ccccc1)C(=O)CN(c1ccccc1F)S(=O)(=O)c1ccccc1. The van der Waals surface area contributed by atoms with Gasteiger partial charge in [0.05, 0.1) is 10.6 Å². The van der Waals surface area contributed by atoms with Gasteiger partial charge in [-0.1, -0.05) is 67.6 Å². The van der Waals surface area contributed by atoms with Gasteiger partial charge >= 0.3 is 0 Å². The number of hydrogen-bond acceptors (Lipinski definition) is 4. The summed E-state index contributed by atoms with van der Waals surface area (Å²) in [5, 5.41) is 2.84. The Bertz CT molecular complexity index is 1300. The molecule has 0 aliphatic heterocycles. The highest BCUT2D eigenvalue weighted by atomic mass is 32.2. The minimum absolute atomic E-state index is 0.0785. The van der Waals surface area contributed by atoms with E-state index >= 15 is 0 Å². The van der Waals surface area contributed by atoms with Gasteiger partial charge in [0.15, 0.2) is 0 Å². The molecule has 0 aliphatic carbocycles. The van der Waals surface area contributed by atoms with Crippen molar-refractivity contribution in [3.05, 3.63) is 96.3 Å². The topological polar surface area (TPSA) is 86.8 Å². The summed E-state index contributed by atoms with van der Waals surface area (Å²) in [6, 6.07) is 21.1. The lowest BCUT2D eigenvalue weighted by molar-refractivity contribution is -0.140. The molecule has 0 aliphatic rings. The summed E-state index contributed by atoms with van der Waals surface area (Å²) >= 11 is 0. The second kappa shape index (κ2) is 12.5. The number of carbonyl (C=O) groups excluding carboxylic acids is 2. The highest BCUT2D eigenvalue weighted by Gasteiger charge is 2.34. The fraction of sp³-hybridized carbons (Fsp3) is 0.286. The number of hydrogen-bond donors (Lipinski definition) is 1. The van der Waals surface area contributed by atoms with E-state index in [9.17, 15) is 22.4 Å². The fourth-order valence-electron chi connectivity index (χ4n) is 3.97. The Kier molecular flexibility index (Phi) is 9.41. The summed E-state index contributed by atoms with van der Waals surface area (Å²) in [5.41, 5.74) is 0.522. The van der Waals surface area contributed by atoms with Gasteiger partial charge in [-0.2, -0.15) is 0 Å². The van der Waals surface area contributed by atoms with Crippen molar-refractivity contribution in [1.29, 1.82) is 0 Å². The van der Waals surface area contributed by atoms with Crippen molar-refractivity contribution in [2.45, 2.75) is 50.7 Å². The minimum atomic E-state index is -4.30. The molecule has 0 heterocycles. The van der Waals surface area contributed by atoms with Crippen molar-refractivity contribution in [2.24, 2.45) is 0 Å². The molecule has 3 aromatic rings. The lowest BCUT2D eigenvalue weighted by atomic mass is 10.1. The van der Waals surface area contributed by atoms with Gasteiger partial charge in [-0.3, -0.25) is 13.9 Å². The standard InChI is InChI=1S/C28H32FN3O4S/c1-4-25(28(34)30-21(2)3)31(19-22-13-7-5-8-14-22)27(33)20-32(26-18-12-11-17-24(26)29)37(35,36)23-15-9-6-10-16-23/h5-18,21,25H,4,19-20H2,1-3H3,(H,30,34)/t25-/m1/s1. The molecular weight excluding hydrogens is 493 g/mol. The smallest absolute Gasteiger partial charge is 0.264 e. The summed E-state index contributed by atoms with van der Waals surface area (Å²) in [5.74, 6) is -1.75. The zero-order chi connectivity index (χ0) is 27.0. The number of benzene rings is 3. The van der Waals surface area contributed by atoms with E-state index in [2.05, 4.69) is 5.32 Å². The molecule has 0 unspecified atom stereocenters. The van der Waals surface area contributed by atoms with Crippen molar-refractivity contribution in [3.63, 3.8) is 0 Å². The first-order chi connectivity index (χ1) is 17.6. The Morgan fingerprint density at radius 2 is 1.46 bits per heavy atom. The maximum Gasteiger partial charge on any atom is 0.264 e. The Morgan fingerprint density at radius 1 is 0.892 bits per heavy atom. The van der Waals surface area contributed by atoms with E-state index in [4.69, 9.17) is 0 Å². The van der Waals surface area contributed by atoms with Gasteiger partial charge in [-0.15, -0.1) is 0 Å². The van der Waals surface area contributed by atoms with Crippen molar-refractivity contribution in [2.75, 3.05) is 10.8 Å². The van der Waals surface area contributed by atoms with Crippen molar-refractivity contribution in [1.82, 2.24) is 10.2 Å². The first-order valence-electron chi connectivity index (χ1n) is 12.1. The highest BCUT2D eigenvalue weighted by molar-refractivity contribution is 7.92. The van der Waals surface area contributed by atoms with Gasteiger partial charge in [0, 0.05) is 12.6 Å². The van der Waals surface area contributed by atoms with Crippen LogP contribution in [0.25, 0.3) is 0 Å². The predicted octanol–water partition coefficient (Wildman–Crippen LogP) is 4.35. The van der Waals surface area contributed by atoms with Gasteiger partial charge in [-0.05, 0) is 50.1 Å². The Morgan fingerprint density at radius 3 is 2.03 bits per heavy atom. The van der Waals surface area contributed by atoms with Crippen LogP contribution < -0.4 is 9.62 Å². The normalized spacial score (nSPS) is 12.1. The predicted molar refractivity (Wildman–Crippen MR) is 142 cm³/mol. The zero-order valence-electron chi connectivity index (χ0n) is 21.2. The van der Waals surface area contributed by atoms with Crippen LogP contribution in [0.15, 0.2) is 89.8 Å². The van der Waals surface area contributed by atoms with E-state index in [0.29, 0.717) is 6.42 Å². The highest BCUT2D eigenvalue weighted by Crippen LogP contribution is 2.27. The largest absolute Gasteiger partial charge is 0.352 e. The molecule has 9 heteroatoms. The zero-order valence-corrected chi connectivity index (χ0v) is 22.0. The van der Waals surface area contributed by atoms with Crippen LogP contribution in [0.3, 0.4) is 0 Å². The van der Waals surface area contributed by atoms with Crippen LogP contribution in [0.4, 0.5) is 10.1 Å². The summed E-state index contributed by atoms with van der Waals surface area (Å²) in [6.07, 6.45) is 0.308. The van der Waals surface area contributed by atoms with E-state index in [0.717, 1.165) is 15.9 Å². The van der Waals surface area contributed by atoms with E-state index in [-0.39, 0.29) is 29.1 Å². The third-order valence-electron chi connectivity index (χ3n) is 5.74. The molecule has 0 spiro atoms. The molecule has 37 heavy (non-hydrogen) atoms. The molecule has 3 rings (SSSR count). The van der Waals surface area contributed by atoms with Crippen LogP contribution >= 0.6 is 0 Å². The number of anilines is 1. The molecule has 0 radical (unpaired) electrons. The number of carbonyl (C=O) groups is 2. The number of nitrogens with zero attached hydrogens (tertiary/aromatic N) is 2. The molecule has 196 valence electrons. The van der Waals surface area contributed by atoms with Gasteiger partial charge in [0.1, 0.15) is 18.4 Å². The second-order valence-electron chi connectivity index (χ2n) is 8.87. The van der Waals surface area contributed by atoms with Crippen LogP contribution in [0.2, 0.25) is 0 Å². The van der Waals surface area contributed by atoms with Crippen molar-refractivity contribution >= 4 is 27.5 Å². The van der Waals surface area contributed by atoms with Crippen LogP contribution in [-0.2, 0) is 26.2 Å². The van der Waals surface area contributed by atoms with E-state index in [1.807, 2.05) is 44.2 Å². The lowest BCUT2D eigenvalue weighted by Gasteiger charge is -2.33. The second-order valence-corrected chi connectivity index (χ2v) is 10.7. The average Bonchev–Trinajstić information content (AvgIpc) is 2.88. The lowest BCUT2D eigenvalue weighted by Crippen LogP contribution is -2.53. The molecule has 1 atom stereocenters. The van der Waals surface area contributed by atoms with Crippen LogP contribution in [-0.4, -0.2) is 43.8 Å². The first-order valence-corrected chi connectivity index (χ1v) is 13.5. The molecule has 1 N–H and O–H groups in total. The average molecular weight is 526 g/mol. The molecular formula is C28H32FN3O4S. The van der Waals surface area contributed by atoms with Crippen LogP contribution in [0.1, 0.15) is 32.8 Å². The van der Waals surface area contributed by atoms with Gasteiger partial charge in [-0.25, -0.2) is 12.8 Å². The molecule has 0 aromatic heterocycles. The number of halogens is 1. The molecule has 0 bridgehead atoms. The summed E-state index contributed by atoms with van der Waals surface area (Å²) in [4.78, 5) is 28.2. The molecule has 7 nitrogen and oxygen atoms in total. The molecule has 3 aromatic carbocycles. The Hall–Kier alpha value is -3.72. The van der Waals surface area contributed by atoms with E-state index < -0.39 is 34.3 Å². The Balaban J connectivity index is 2.05. The van der Waals surface area contributed by atoms with E-state index in [1.54, 1.807) is 25.1 Å². The summed E-state index contributed by atoms with van der Waals surface area (Å²) in [7, 11) is -4.30. The molecule has 2 amide bonds. The van der Waals surface area contributed by atoms with Crippen LogP contribution in [0, 0.1) is 5.82 Å². The maximum atomic E-state index is 14.9. The number of amides is 2. The number of sulfonamides is 1. The van der Waals surface area contributed by atoms with Gasteiger partial charge in [0.2, 0.25) is 11.8 Å². The fourth-order valence-corrected chi connectivity index (χ4v) is 5.41. The van der Waals surface area contributed by atoms with Crippen LogP contribution in [0.5, 0.6) is 0 Å². The molecule has 0 saturated carbocycles. The Labute approximate surface area is 218 Å². The third-order valence-corrected chi connectivity index (χ3v) is 7.52. The van der Waals surface area contributed by atoms with Gasteiger partial charge in [0.25, 0.3) is 10.0 Å². The number of rotatable bonds is 11. The summed E-state index contributed by atoms with van der Waals surface area (Å²) in [6.45, 7) is 4.82.